The number of sulfonamides is 1. The van der Waals surface area contributed by atoms with Gasteiger partial charge < -0.3 is 14.8 Å². The van der Waals surface area contributed by atoms with E-state index in [1.165, 1.54) is 25.3 Å². The molecule has 0 aliphatic carbocycles. The summed E-state index contributed by atoms with van der Waals surface area (Å²) < 4.78 is 38.7. The number of carbonyl (C=O) groups excluding carboxylic acids is 1. The van der Waals surface area contributed by atoms with Crippen LogP contribution in [-0.2, 0) is 14.8 Å². The lowest BCUT2D eigenvalue weighted by molar-refractivity contribution is -0.114. The molecule has 0 fully saturated rings. The van der Waals surface area contributed by atoms with Gasteiger partial charge in [-0.1, -0.05) is 23.7 Å². The molecule has 3 aromatic rings. The van der Waals surface area contributed by atoms with Crippen molar-refractivity contribution in [2.24, 2.45) is 0 Å². The lowest BCUT2D eigenvalue weighted by Gasteiger charge is -2.24. The molecule has 0 saturated heterocycles. The summed E-state index contributed by atoms with van der Waals surface area (Å²) in [6.07, 6.45) is -0.0242. The Kier molecular flexibility index (Phi) is 7.84. The molecule has 0 heterocycles. The lowest BCUT2D eigenvalue weighted by Crippen LogP contribution is -2.38. The summed E-state index contributed by atoms with van der Waals surface area (Å²) >= 11 is 6.10. The molecule has 0 saturated carbocycles. The summed E-state index contributed by atoms with van der Waals surface area (Å²) in [6.45, 7) is 3.35. The van der Waals surface area contributed by atoms with E-state index in [1.54, 1.807) is 54.6 Å². The van der Waals surface area contributed by atoms with Gasteiger partial charge in [0.25, 0.3) is 10.0 Å². The predicted molar refractivity (Wildman–Crippen MR) is 130 cm³/mol. The van der Waals surface area contributed by atoms with Gasteiger partial charge in [0.2, 0.25) is 5.91 Å². The first kappa shape index (κ1) is 24.4. The van der Waals surface area contributed by atoms with Crippen molar-refractivity contribution in [1.29, 1.82) is 0 Å². The Morgan fingerprint density at radius 2 is 1.70 bits per heavy atom. The summed E-state index contributed by atoms with van der Waals surface area (Å²) in [6, 6.07) is 19.2. The average Bonchev–Trinajstić information content (AvgIpc) is 2.77. The van der Waals surface area contributed by atoms with Crippen LogP contribution in [0, 0.1) is 0 Å². The highest BCUT2D eigenvalue weighted by Crippen LogP contribution is 2.27. The SMILES string of the molecule is COc1ccc(S(=O)(=O)N(CC(=O)Nc2cccc(OC(C)C)c2)c2cccc(Cl)c2)cc1. The van der Waals surface area contributed by atoms with Gasteiger partial charge in [0.15, 0.2) is 0 Å². The van der Waals surface area contributed by atoms with E-state index in [1.807, 2.05) is 13.8 Å². The van der Waals surface area contributed by atoms with Gasteiger partial charge in [-0.2, -0.15) is 0 Å². The third kappa shape index (κ3) is 6.40. The first-order valence-electron chi connectivity index (χ1n) is 10.2. The second-order valence-electron chi connectivity index (χ2n) is 7.41. The molecule has 1 N–H and O–H groups in total. The first-order valence-corrected chi connectivity index (χ1v) is 12.0. The van der Waals surface area contributed by atoms with Crippen molar-refractivity contribution in [1.82, 2.24) is 0 Å². The molecule has 0 aromatic heterocycles. The Balaban J connectivity index is 1.89. The Morgan fingerprint density at radius 1 is 1.00 bits per heavy atom. The molecule has 174 valence electrons. The number of methoxy groups -OCH3 is 1. The van der Waals surface area contributed by atoms with Gasteiger partial charge in [-0.3, -0.25) is 9.10 Å². The minimum atomic E-state index is -4.07. The van der Waals surface area contributed by atoms with E-state index in [-0.39, 0.29) is 16.7 Å². The third-order valence-corrected chi connectivity index (χ3v) is 6.54. The maximum Gasteiger partial charge on any atom is 0.264 e. The Bertz CT molecular complexity index is 1210. The molecule has 3 aromatic carbocycles. The van der Waals surface area contributed by atoms with Crippen molar-refractivity contribution < 1.29 is 22.7 Å². The molecule has 0 atom stereocenters. The lowest BCUT2D eigenvalue weighted by atomic mass is 10.3. The number of benzene rings is 3. The topological polar surface area (TPSA) is 84.9 Å². The number of rotatable bonds is 9. The van der Waals surface area contributed by atoms with Crippen molar-refractivity contribution in [3.05, 3.63) is 77.8 Å². The van der Waals surface area contributed by atoms with Crippen LogP contribution in [0.4, 0.5) is 11.4 Å². The predicted octanol–water partition coefficient (Wildman–Crippen LogP) is 4.97. The van der Waals surface area contributed by atoms with E-state index in [0.717, 1.165) is 4.31 Å². The van der Waals surface area contributed by atoms with Crippen molar-refractivity contribution in [2.45, 2.75) is 24.8 Å². The number of hydrogen-bond acceptors (Lipinski definition) is 5. The number of nitrogens with zero attached hydrogens (tertiary/aromatic N) is 1. The molecule has 0 aliphatic rings. The smallest absolute Gasteiger partial charge is 0.264 e. The largest absolute Gasteiger partial charge is 0.497 e. The fraction of sp³-hybridized carbons (Fsp3) is 0.208. The zero-order chi connectivity index (χ0) is 24.0. The summed E-state index contributed by atoms with van der Waals surface area (Å²) in [5.74, 6) is 0.596. The highest BCUT2D eigenvalue weighted by atomic mass is 35.5. The summed E-state index contributed by atoms with van der Waals surface area (Å²) in [4.78, 5) is 12.9. The minimum Gasteiger partial charge on any atom is -0.497 e. The molecule has 1 amide bonds. The molecule has 0 radical (unpaired) electrons. The van der Waals surface area contributed by atoms with Crippen LogP contribution in [0.1, 0.15) is 13.8 Å². The zero-order valence-electron chi connectivity index (χ0n) is 18.5. The number of nitrogens with one attached hydrogen (secondary N) is 1. The molecule has 0 bridgehead atoms. The Morgan fingerprint density at radius 3 is 2.33 bits per heavy atom. The maximum absolute atomic E-state index is 13.4. The summed E-state index contributed by atoms with van der Waals surface area (Å²) in [5, 5.41) is 3.08. The van der Waals surface area contributed by atoms with E-state index in [2.05, 4.69) is 5.32 Å². The Hall–Kier alpha value is -3.23. The zero-order valence-corrected chi connectivity index (χ0v) is 20.1. The van der Waals surface area contributed by atoms with Gasteiger partial charge in [-0.25, -0.2) is 8.42 Å². The van der Waals surface area contributed by atoms with Gasteiger partial charge in [0, 0.05) is 16.8 Å². The van der Waals surface area contributed by atoms with Crippen LogP contribution < -0.4 is 19.1 Å². The number of amides is 1. The third-order valence-electron chi connectivity index (χ3n) is 4.52. The molecular weight excluding hydrogens is 464 g/mol. The normalized spacial score (nSPS) is 11.2. The van der Waals surface area contributed by atoms with E-state index in [9.17, 15) is 13.2 Å². The monoisotopic (exact) mass is 488 g/mol. The number of halogens is 1. The van der Waals surface area contributed by atoms with Gasteiger partial charge in [-0.15, -0.1) is 0 Å². The number of carbonyl (C=O) groups is 1. The quantitative estimate of drug-likeness (QED) is 0.459. The van der Waals surface area contributed by atoms with Gasteiger partial charge >= 0.3 is 0 Å². The molecule has 0 spiro atoms. The molecule has 0 aliphatic heterocycles. The van der Waals surface area contributed by atoms with Crippen LogP contribution in [-0.4, -0.2) is 34.1 Å². The molecular formula is C24H25ClN2O5S. The van der Waals surface area contributed by atoms with Gasteiger partial charge in [0.1, 0.15) is 18.0 Å². The summed E-state index contributed by atoms with van der Waals surface area (Å²) in [7, 11) is -2.58. The van der Waals surface area contributed by atoms with E-state index in [0.29, 0.717) is 22.2 Å². The van der Waals surface area contributed by atoms with Crippen LogP contribution in [0.5, 0.6) is 11.5 Å². The minimum absolute atomic E-state index is 0.0170. The van der Waals surface area contributed by atoms with E-state index >= 15 is 0 Å². The van der Waals surface area contributed by atoms with Crippen LogP contribution in [0.15, 0.2) is 77.7 Å². The highest BCUT2D eigenvalue weighted by molar-refractivity contribution is 7.92. The number of anilines is 2. The Labute approximate surface area is 198 Å². The first-order chi connectivity index (χ1) is 15.7. The number of hydrogen-bond donors (Lipinski definition) is 1. The standard InChI is InChI=1S/C24H25ClN2O5S/c1-17(2)32-22-9-5-7-19(15-22)26-24(28)16-27(20-8-4-6-18(25)14-20)33(29,30)23-12-10-21(31-3)11-13-23/h4-15,17H,16H2,1-3H3,(H,26,28). The maximum atomic E-state index is 13.4. The molecule has 7 nitrogen and oxygen atoms in total. The molecule has 0 unspecified atom stereocenters. The summed E-state index contributed by atoms with van der Waals surface area (Å²) in [5.41, 5.74) is 0.761. The molecule has 33 heavy (non-hydrogen) atoms. The van der Waals surface area contributed by atoms with Crippen LogP contribution in [0.3, 0.4) is 0 Å². The van der Waals surface area contributed by atoms with Gasteiger partial charge in [0.05, 0.1) is 23.8 Å². The van der Waals surface area contributed by atoms with Crippen LogP contribution in [0.2, 0.25) is 5.02 Å². The highest BCUT2D eigenvalue weighted by Gasteiger charge is 2.27. The van der Waals surface area contributed by atoms with Crippen molar-refractivity contribution >= 4 is 38.9 Å². The second-order valence-corrected chi connectivity index (χ2v) is 9.71. The van der Waals surface area contributed by atoms with E-state index < -0.39 is 22.5 Å². The van der Waals surface area contributed by atoms with Gasteiger partial charge in [-0.05, 0) is 68.4 Å². The van der Waals surface area contributed by atoms with Crippen LogP contribution >= 0.6 is 11.6 Å². The average molecular weight is 489 g/mol. The fourth-order valence-electron chi connectivity index (χ4n) is 3.07. The van der Waals surface area contributed by atoms with E-state index in [4.69, 9.17) is 21.1 Å². The van der Waals surface area contributed by atoms with Crippen molar-refractivity contribution in [3.63, 3.8) is 0 Å². The molecule has 3 rings (SSSR count). The second kappa shape index (κ2) is 10.6. The number of ether oxygens (including phenoxy) is 2. The van der Waals surface area contributed by atoms with Crippen molar-refractivity contribution in [2.75, 3.05) is 23.3 Å². The van der Waals surface area contributed by atoms with Crippen LogP contribution in [0.25, 0.3) is 0 Å². The van der Waals surface area contributed by atoms with Crippen molar-refractivity contribution in [3.8, 4) is 11.5 Å². The molecule has 9 heteroatoms. The fourth-order valence-corrected chi connectivity index (χ4v) is 4.67.